The minimum atomic E-state index is -0.473. The van der Waals surface area contributed by atoms with Crippen molar-refractivity contribution in [3.63, 3.8) is 0 Å². The van der Waals surface area contributed by atoms with Crippen LogP contribution in [-0.2, 0) is 11.3 Å². The van der Waals surface area contributed by atoms with Crippen molar-refractivity contribution < 1.29 is 9.53 Å². The van der Waals surface area contributed by atoms with Crippen molar-refractivity contribution in [2.24, 2.45) is 0 Å². The molecule has 1 heterocycles. The fourth-order valence-corrected chi connectivity index (χ4v) is 2.13. The van der Waals surface area contributed by atoms with Crippen LogP contribution < -0.4 is 11.1 Å². The van der Waals surface area contributed by atoms with Crippen LogP contribution in [0.2, 0.25) is 0 Å². The molecular weight excluding hydrogens is 322 g/mol. The molecule has 0 unspecified atom stereocenters. The lowest BCUT2D eigenvalue weighted by Gasteiger charge is -2.11. The first-order chi connectivity index (χ1) is 9.61. The van der Waals surface area contributed by atoms with Gasteiger partial charge in [-0.25, -0.2) is 9.78 Å². The Kier molecular flexibility index (Phi) is 4.57. The van der Waals surface area contributed by atoms with Gasteiger partial charge < -0.3 is 15.8 Å². The summed E-state index contributed by atoms with van der Waals surface area (Å²) in [7, 11) is 1.32. The number of ether oxygens (including phenoxy) is 1. The number of carbonyl (C=O) groups is 1. The van der Waals surface area contributed by atoms with E-state index in [1.807, 2.05) is 24.3 Å². The van der Waals surface area contributed by atoms with Crippen molar-refractivity contribution in [1.29, 1.82) is 0 Å². The van der Waals surface area contributed by atoms with Crippen LogP contribution in [0.15, 0.2) is 41.0 Å². The third kappa shape index (κ3) is 3.27. The van der Waals surface area contributed by atoms with E-state index in [-0.39, 0.29) is 0 Å². The van der Waals surface area contributed by atoms with Crippen molar-refractivity contribution in [3.8, 4) is 0 Å². The summed E-state index contributed by atoms with van der Waals surface area (Å²) in [5.41, 5.74) is 7.44. The van der Waals surface area contributed by atoms with Gasteiger partial charge in [0.1, 0.15) is 11.4 Å². The highest BCUT2D eigenvalue weighted by Crippen LogP contribution is 2.20. The molecule has 2 aromatic rings. The van der Waals surface area contributed by atoms with Crippen LogP contribution in [0, 0.1) is 0 Å². The van der Waals surface area contributed by atoms with Crippen molar-refractivity contribution in [3.05, 3.63) is 52.1 Å². The van der Waals surface area contributed by atoms with Crippen LogP contribution in [0.5, 0.6) is 0 Å². The number of hydrogen-bond acceptors (Lipinski definition) is 5. The molecule has 6 heteroatoms. The zero-order valence-corrected chi connectivity index (χ0v) is 12.5. The van der Waals surface area contributed by atoms with Gasteiger partial charge in [0.2, 0.25) is 0 Å². The van der Waals surface area contributed by atoms with E-state index in [0.717, 1.165) is 10.0 Å². The molecule has 0 spiro atoms. The van der Waals surface area contributed by atoms with Crippen molar-refractivity contribution in [2.45, 2.75) is 6.54 Å². The van der Waals surface area contributed by atoms with E-state index in [9.17, 15) is 4.79 Å². The Hall–Kier alpha value is -2.08. The van der Waals surface area contributed by atoms with Gasteiger partial charge in [0.25, 0.3) is 0 Å². The van der Waals surface area contributed by atoms with Gasteiger partial charge in [0.15, 0.2) is 0 Å². The van der Waals surface area contributed by atoms with Gasteiger partial charge >= 0.3 is 5.97 Å². The van der Waals surface area contributed by atoms with Crippen LogP contribution in [0.1, 0.15) is 15.9 Å². The van der Waals surface area contributed by atoms with Crippen LogP contribution in [0.25, 0.3) is 0 Å². The molecule has 0 saturated heterocycles. The number of rotatable bonds is 4. The van der Waals surface area contributed by atoms with E-state index in [4.69, 9.17) is 10.5 Å². The summed E-state index contributed by atoms with van der Waals surface area (Å²) in [6.45, 7) is 0.530. The molecule has 0 aliphatic rings. The molecular formula is C14H14BrN3O2. The number of nitrogens with two attached hydrogens (primary N) is 1. The van der Waals surface area contributed by atoms with Crippen molar-refractivity contribution >= 4 is 33.4 Å². The first kappa shape index (κ1) is 14.3. The molecule has 0 aliphatic heterocycles. The number of nitrogen functional groups attached to an aromatic ring is 1. The van der Waals surface area contributed by atoms with E-state index in [0.29, 0.717) is 23.6 Å². The normalized spacial score (nSPS) is 10.1. The monoisotopic (exact) mass is 335 g/mol. The predicted octanol–water partition coefficient (Wildman–Crippen LogP) is 2.83. The fraction of sp³-hybridized carbons (Fsp3) is 0.143. The molecule has 0 fully saturated rings. The highest BCUT2D eigenvalue weighted by atomic mass is 79.9. The van der Waals surface area contributed by atoms with Gasteiger partial charge in [-0.3, -0.25) is 0 Å². The lowest BCUT2D eigenvalue weighted by atomic mass is 10.2. The first-order valence-electron chi connectivity index (χ1n) is 5.93. The van der Waals surface area contributed by atoms with Crippen LogP contribution in [0.4, 0.5) is 11.5 Å². The summed E-state index contributed by atoms with van der Waals surface area (Å²) in [6.07, 6.45) is 1.49. The maximum absolute atomic E-state index is 11.7. The van der Waals surface area contributed by atoms with Crippen molar-refractivity contribution in [2.75, 3.05) is 18.2 Å². The number of anilines is 2. The number of pyridine rings is 1. The molecule has 2 rings (SSSR count). The van der Waals surface area contributed by atoms with E-state index in [2.05, 4.69) is 26.2 Å². The smallest absolute Gasteiger partial charge is 0.341 e. The zero-order chi connectivity index (χ0) is 14.5. The Morgan fingerprint density at radius 2 is 2.20 bits per heavy atom. The van der Waals surface area contributed by atoms with Crippen molar-refractivity contribution in [1.82, 2.24) is 4.98 Å². The molecule has 0 bridgehead atoms. The lowest BCUT2D eigenvalue weighted by molar-refractivity contribution is 0.0601. The Labute approximate surface area is 125 Å². The number of nitrogens with one attached hydrogen (secondary N) is 1. The number of hydrogen-bond donors (Lipinski definition) is 2. The molecule has 0 amide bonds. The largest absolute Gasteiger partial charge is 0.465 e. The topological polar surface area (TPSA) is 77.2 Å². The minimum Gasteiger partial charge on any atom is -0.465 e. The number of aromatic nitrogens is 1. The quantitative estimate of drug-likeness (QED) is 0.840. The summed E-state index contributed by atoms with van der Waals surface area (Å²) >= 11 is 3.47. The molecule has 0 saturated carbocycles. The number of carbonyl (C=O) groups excluding carboxylic acids is 1. The third-order valence-corrected chi connectivity index (χ3v) is 3.49. The summed E-state index contributed by atoms with van der Waals surface area (Å²) < 4.78 is 5.71. The van der Waals surface area contributed by atoms with Crippen LogP contribution >= 0.6 is 15.9 Å². The number of benzene rings is 1. The van der Waals surface area contributed by atoms with Gasteiger partial charge in [0.05, 0.1) is 19.0 Å². The Morgan fingerprint density at radius 1 is 1.45 bits per heavy atom. The van der Waals surface area contributed by atoms with E-state index in [1.54, 1.807) is 6.07 Å². The highest BCUT2D eigenvalue weighted by molar-refractivity contribution is 9.10. The molecule has 3 N–H and O–H groups in total. The average Bonchev–Trinajstić information content (AvgIpc) is 2.46. The zero-order valence-electron chi connectivity index (χ0n) is 10.9. The minimum absolute atomic E-state index is 0.319. The summed E-state index contributed by atoms with van der Waals surface area (Å²) in [6, 6.07) is 9.36. The second-order valence-electron chi connectivity index (χ2n) is 4.10. The standard InChI is InChI=1S/C14H14BrN3O2/c1-20-14(19)11-6-10(16)8-18-13(11)17-7-9-4-2-3-5-12(9)15/h2-6,8H,7,16H2,1H3,(H,17,18). The van der Waals surface area contributed by atoms with Gasteiger partial charge in [-0.05, 0) is 17.7 Å². The second kappa shape index (κ2) is 6.38. The molecule has 0 radical (unpaired) electrons. The molecule has 1 aromatic heterocycles. The molecule has 5 nitrogen and oxygen atoms in total. The number of nitrogens with zero attached hydrogens (tertiary/aromatic N) is 1. The second-order valence-corrected chi connectivity index (χ2v) is 4.96. The molecule has 104 valence electrons. The van der Waals surface area contributed by atoms with Gasteiger partial charge in [-0.15, -0.1) is 0 Å². The summed E-state index contributed by atoms with van der Waals surface area (Å²) in [4.78, 5) is 15.8. The molecule has 0 aliphatic carbocycles. The molecule has 0 atom stereocenters. The van der Waals surface area contributed by atoms with E-state index in [1.165, 1.54) is 13.3 Å². The Bertz CT molecular complexity index is 632. The number of halogens is 1. The highest BCUT2D eigenvalue weighted by Gasteiger charge is 2.13. The predicted molar refractivity (Wildman–Crippen MR) is 81.5 cm³/mol. The maximum atomic E-state index is 11.7. The number of methoxy groups -OCH3 is 1. The Morgan fingerprint density at radius 3 is 2.90 bits per heavy atom. The fourth-order valence-electron chi connectivity index (χ4n) is 1.71. The average molecular weight is 336 g/mol. The number of esters is 1. The van der Waals surface area contributed by atoms with Crippen LogP contribution in [-0.4, -0.2) is 18.1 Å². The molecule has 20 heavy (non-hydrogen) atoms. The lowest BCUT2D eigenvalue weighted by Crippen LogP contribution is -2.11. The van der Waals surface area contributed by atoms with E-state index >= 15 is 0 Å². The maximum Gasteiger partial charge on any atom is 0.341 e. The van der Waals surface area contributed by atoms with Gasteiger partial charge in [-0.2, -0.15) is 0 Å². The first-order valence-corrected chi connectivity index (χ1v) is 6.72. The summed E-state index contributed by atoms with van der Waals surface area (Å²) in [5, 5.41) is 3.12. The van der Waals surface area contributed by atoms with E-state index < -0.39 is 5.97 Å². The SMILES string of the molecule is COC(=O)c1cc(N)cnc1NCc1ccccc1Br. The third-order valence-electron chi connectivity index (χ3n) is 2.72. The van der Waals surface area contributed by atoms with Gasteiger partial charge in [-0.1, -0.05) is 34.1 Å². The summed E-state index contributed by atoms with van der Waals surface area (Å²) in [5.74, 6) is -0.0266. The van der Waals surface area contributed by atoms with Crippen LogP contribution in [0.3, 0.4) is 0 Å². The Balaban J connectivity index is 2.21. The van der Waals surface area contributed by atoms with Gasteiger partial charge in [0, 0.05) is 11.0 Å². The molecule has 1 aromatic carbocycles.